The van der Waals surface area contributed by atoms with Crippen LogP contribution in [0.5, 0.6) is 5.75 Å². The Morgan fingerprint density at radius 2 is 2.19 bits per heavy atom. The first kappa shape index (κ1) is 18.5. The molecule has 2 saturated heterocycles. The molecule has 0 spiro atoms. The van der Waals surface area contributed by atoms with E-state index in [0.29, 0.717) is 25.3 Å². The van der Waals surface area contributed by atoms with Crippen LogP contribution in [0, 0.1) is 11.3 Å². The molecule has 0 bridgehead atoms. The van der Waals surface area contributed by atoms with Crippen molar-refractivity contribution >= 4 is 23.5 Å². The van der Waals surface area contributed by atoms with Crippen molar-refractivity contribution in [2.75, 3.05) is 13.2 Å². The minimum Gasteiger partial charge on any atom is -0.490 e. The number of rotatable bonds is 5. The Bertz CT molecular complexity index is 748. The molecule has 2 N–H and O–H groups in total. The van der Waals surface area contributed by atoms with Crippen LogP contribution in [0.2, 0.25) is 5.02 Å². The highest BCUT2D eigenvalue weighted by Crippen LogP contribution is 2.27. The van der Waals surface area contributed by atoms with Crippen molar-refractivity contribution in [2.45, 2.75) is 43.8 Å². The molecule has 3 rings (SSSR count). The van der Waals surface area contributed by atoms with Gasteiger partial charge in [-0.05, 0) is 43.9 Å². The Morgan fingerprint density at radius 3 is 2.88 bits per heavy atom. The van der Waals surface area contributed by atoms with Crippen molar-refractivity contribution in [2.24, 2.45) is 0 Å². The van der Waals surface area contributed by atoms with E-state index in [1.807, 2.05) is 0 Å². The van der Waals surface area contributed by atoms with Gasteiger partial charge in [-0.1, -0.05) is 11.6 Å². The van der Waals surface area contributed by atoms with Gasteiger partial charge in [-0.2, -0.15) is 5.26 Å². The van der Waals surface area contributed by atoms with Gasteiger partial charge in [0.1, 0.15) is 18.4 Å². The molecule has 2 aliphatic heterocycles. The molecule has 2 aliphatic rings. The molecular formula is C18H20ClN3O4. The van der Waals surface area contributed by atoms with E-state index in [9.17, 15) is 9.59 Å². The van der Waals surface area contributed by atoms with E-state index in [0.717, 1.165) is 19.3 Å². The molecule has 8 heteroatoms. The molecule has 7 nitrogen and oxygen atoms in total. The van der Waals surface area contributed by atoms with Crippen molar-refractivity contribution in [1.82, 2.24) is 10.2 Å². The molecule has 3 atom stereocenters. The summed E-state index contributed by atoms with van der Waals surface area (Å²) in [6, 6.07) is 5.91. The van der Waals surface area contributed by atoms with Gasteiger partial charge in [-0.25, -0.2) is 4.79 Å². The molecule has 0 saturated carbocycles. The lowest BCUT2D eigenvalue weighted by atomic mass is 10.1. The van der Waals surface area contributed by atoms with E-state index in [1.54, 1.807) is 4.90 Å². The number of amides is 1. The molecule has 0 aliphatic carbocycles. The third kappa shape index (κ3) is 3.92. The number of carboxylic acids is 1. The Morgan fingerprint density at radius 1 is 1.38 bits per heavy atom. The monoisotopic (exact) mass is 377 g/mol. The molecule has 1 aromatic carbocycles. The predicted octanol–water partition coefficient (Wildman–Crippen LogP) is 2.05. The van der Waals surface area contributed by atoms with Gasteiger partial charge in [0.15, 0.2) is 0 Å². The molecule has 26 heavy (non-hydrogen) atoms. The number of carboxylic acid groups (broad SMARTS) is 1. The van der Waals surface area contributed by atoms with E-state index >= 15 is 0 Å². The van der Waals surface area contributed by atoms with Gasteiger partial charge < -0.3 is 14.7 Å². The summed E-state index contributed by atoms with van der Waals surface area (Å²) >= 11 is 6.06. The number of hydrogen-bond acceptors (Lipinski definition) is 5. The van der Waals surface area contributed by atoms with Crippen LogP contribution in [0.1, 0.15) is 36.0 Å². The average molecular weight is 378 g/mol. The molecule has 0 aromatic heterocycles. The van der Waals surface area contributed by atoms with Gasteiger partial charge in [0.05, 0.1) is 22.7 Å². The summed E-state index contributed by atoms with van der Waals surface area (Å²) < 4.78 is 5.69. The molecule has 2 heterocycles. The fourth-order valence-corrected chi connectivity index (χ4v) is 3.69. The van der Waals surface area contributed by atoms with Gasteiger partial charge in [0.2, 0.25) is 5.91 Å². The highest BCUT2D eigenvalue weighted by molar-refractivity contribution is 6.32. The standard InChI is InChI=1S/C18H20ClN3O4/c19-14-8-11(18(24)25)3-6-16(14)26-10-12-4-5-15(21-12)17(23)22-7-1-2-13(22)9-20/h3,6,8,12-13,15,21H,1-2,4-5,7,10H2,(H,24,25)/t12-,13+,15-/m1/s1. The van der Waals surface area contributed by atoms with Gasteiger partial charge in [-0.15, -0.1) is 0 Å². The normalized spacial score (nSPS) is 25.1. The maximum atomic E-state index is 12.6. The molecule has 1 amide bonds. The summed E-state index contributed by atoms with van der Waals surface area (Å²) in [4.78, 5) is 25.2. The van der Waals surface area contributed by atoms with Crippen molar-refractivity contribution in [3.8, 4) is 11.8 Å². The van der Waals surface area contributed by atoms with Crippen LogP contribution in [0.4, 0.5) is 0 Å². The summed E-state index contributed by atoms with van der Waals surface area (Å²) in [5, 5.41) is 21.6. The molecule has 0 unspecified atom stereocenters. The van der Waals surface area contributed by atoms with E-state index in [1.165, 1.54) is 18.2 Å². The van der Waals surface area contributed by atoms with Gasteiger partial charge >= 0.3 is 5.97 Å². The van der Waals surface area contributed by atoms with Crippen molar-refractivity contribution < 1.29 is 19.4 Å². The quantitative estimate of drug-likeness (QED) is 0.814. The minimum absolute atomic E-state index is 0.00213. The zero-order chi connectivity index (χ0) is 18.7. The first-order valence-electron chi connectivity index (χ1n) is 8.61. The number of benzene rings is 1. The van der Waals surface area contributed by atoms with E-state index in [-0.39, 0.29) is 34.6 Å². The van der Waals surface area contributed by atoms with E-state index in [4.69, 9.17) is 26.7 Å². The average Bonchev–Trinajstić information content (AvgIpc) is 3.29. The third-order valence-electron chi connectivity index (χ3n) is 4.84. The lowest BCUT2D eigenvalue weighted by Gasteiger charge is -2.24. The summed E-state index contributed by atoms with van der Waals surface area (Å²) in [7, 11) is 0. The number of nitrogens with zero attached hydrogens (tertiary/aromatic N) is 2. The van der Waals surface area contributed by atoms with Crippen molar-refractivity contribution in [3.05, 3.63) is 28.8 Å². The predicted molar refractivity (Wildman–Crippen MR) is 94.2 cm³/mol. The first-order valence-corrected chi connectivity index (χ1v) is 8.99. The maximum absolute atomic E-state index is 12.6. The van der Waals surface area contributed by atoms with E-state index < -0.39 is 5.97 Å². The van der Waals surface area contributed by atoms with Gasteiger partial charge in [-0.3, -0.25) is 10.1 Å². The SMILES string of the molecule is N#C[C@@H]1CCCN1C(=O)[C@H]1CC[C@H](COc2ccc(C(=O)O)cc2Cl)N1. The maximum Gasteiger partial charge on any atom is 0.335 e. The topological polar surface area (TPSA) is 103 Å². The number of nitriles is 1. The smallest absolute Gasteiger partial charge is 0.335 e. The molecular weight excluding hydrogens is 358 g/mol. The second-order valence-electron chi connectivity index (χ2n) is 6.57. The van der Waals surface area contributed by atoms with Crippen LogP contribution in [0.15, 0.2) is 18.2 Å². The number of ether oxygens (including phenoxy) is 1. The van der Waals surface area contributed by atoms with Crippen LogP contribution in [-0.2, 0) is 4.79 Å². The number of nitrogens with one attached hydrogen (secondary N) is 1. The van der Waals surface area contributed by atoms with Gasteiger partial charge in [0.25, 0.3) is 0 Å². The van der Waals surface area contributed by atoms with E-state index in [2.05, 4.69) is 11.4 Å². The molecule has 138 valence electrons. The number of halogens is 1. The summed E-state index contributed by atoms with van der Waals surface area (Å²) in [5.41, 5.74) is 0.102. The zero-order valence-electron chi connectivity index (χ0n) is 14.2. The number of carbonyl (C=O) groups is 2. The Kier molecular flexibility index (Phi) is 5.64. The van der Waals surface area contributed by atoms with Crippen LogP contribution >= 0.6 is 11.6 Å². The largest absolute Gasteiger partial charge is 0.490 e. The number of aromatic carboxylic acids is 1. The summed E-state index contributed by atoms with van der Waals surface area (Å²) in [6.45, 7) is 0.972. The molecule has 2 fully saturated rings. The van der Waals surface area contributed by atoms with Crippen LogP contribution < -0.4 is 10.1 Å². The Balaban J connectivity index is 1.53. The fourth-order valence-electron chi connectivity index (χ4n) is 3.45. The number of carbonyl (C=O) groups excluding carboxylic acids is 1. The van der Waals surface area contributed by atoms with Crippen LogP contribution in [0.25, 0.3) is 0 Å². The third-order valence-corrected chi connectivity index (χ3v) is 5.14. The van der Waals surface area contributed by atoms with Crippen molar-refractivity contribution in [3.63, 3.8) is 0 Å². The summed E-state index contributed by atoms with van der Waals surface area (Å²) in [6.07, 6.45) is 3.10. The second-order valence-corrected chi connectivity index (χ2v) is 6.98. The zero-order valence-corrected chi connectivity index (χ0v) is 14.9. The number of likely N-dealkylation sites (tertiary alicyclic amines) is 1. The van der Waals surface area contributed by atoms with Gasteiger partial charge in [0, 0.05) is 12.6 Å². The van der Waals surface area contributed by atoms with Crippen LogP contribution in [-0.4, -0.2) is 53.2 Å². The summed E-state index contributed by atoms with van der Waals surface area (Å²) in [5.74, 6) is -0.646. The molecule has 0 radical (unpaired) electrons. The highest BCUT2D eigenvalue weighted by atomic mass is 35.5. The fraction of sp³-hybridized carbons (Fsp3) is 0.500. The first-order chi connectivity index (χ1) is 12.5. The lowest BCUT2D eigenvalue weighted by Crippen LogP contribution is -2.47. The minimum atomic E-state index is -1.05. The second kappa shape index (κ2) is 7.94. The Labute approximate surface area is 156 Å². The lowest BCUT2D eigenvalue weighted by molar-refractivity contribution is -0.133. The number of hydrogen-bond donors (Lipinski definition) is 2. The van der Waals surface area contributed by atoms with Crippen LogP contribution in [0.3, 0.4) is 0 Å². The molecule has 1 aromatic rings. The highest BCUT2D eigenvalue weighted by Gasteiger charge is 2.36. The Hall–Kier alpha value is -2.30. The van der Waals surface area contributed by atoms with Crippen molar-refractivity contribution in [1.29, 1.82) is 5.26 Å².